The molecule has 1 saturated heterocycles. The summed E-state index contributed by atoms with van der Waals surface area (Å²) in [7, 11) is 0. The molecule has 2 aromatic rings. The fourth-order valence-electron chi connectivity index (χ4n) is 4.21. The zero-order chi connectivity index (χ0) is 22.3. The number of amides is 4. The van der Waals surface area contributed by atoms with Crippen LogP contribution in [0.25, 0.3) is 0 Å². The molecule has 0 aromatic heterocycles. The minimum Gasteiger partial charge on any atom is -0.348 e. The smallest absolute Gasteiger partial charge is 0.325 e. The average molecular weight is 460 g/mol. The van der Waals surface area contributed by atoms with Gasteiger partial charge in [-0.2, -0.15) is 0 Å². The Morgan fingerprint density at radius 2 is 1.87 bits per heavy atom. The van der Waals surface area contributed by atoms with Crippen molar-refractivity contribution < 1.29 is 14.4 Å². The maximum absolute atomic E-state index is 13.1. The Morgan fingerprint density at radius 1 is 1.13 bits per heavy atom. The summed E-state index contributed by atoms with van der Waals surface area (Å²) in [6.07, 6.45) is 3.11. The Hall–Kier alpha value is -2.57. The van der Waals surface area contributed by atoms with Gasteiger partial charge in [0.2, 0.25) is 5.91 Å². The predicted molar refractivity (Wildman–Crippen MR) is 119 cm³/mol. The van der Waals surface area contributed by atoms with Gasteiger partial charge in [-0.05, 0) is 67.5 Å². The van der Waals surface area contributed by atoms with E-state index in [4.69, 9.17) is 23.2 Å². The normalized spacial score (nSPS) is 21.1. The number of hydrogen-bond acceptors (Lipinski definition) is 3. The number of nitrogens with one attached hydrogen (secondary N) is 2. The largest absolute Gasteiger partial charge is 0.348 e. The molecule has 2 aromatic carbocycles. The minimum absolute atomic E-state index is 0.364. The molecule has 1 heterocycles. The Balaban J connectivity index is 1.46. The van der Waals surface area contributed by atoms with Gasteiger partial charge in [0.25, 0.3) is 5.91 Å². The molecule has 4 rings (SSSR count). The number of carbonyl (C=O) groups excluding carboxylic acids is 3. The third kappa shape index (κ3) is 4.02. The number of halogens is 2. The van der Waals surface area contributed by atoms with E-state index in [0.717, 1.165) is 35.3 Å². The van der Waals surface area contributed by atoms with E-state index in [-0.39, 0.29) is 12.6 Å². The summed E-state index contributed by atoms with van der Waals surface area (Å²) < 4.78 is 0. The second-order valence-corrected chi connectivity index (χ2v) is 9.06. The molecule has 1 aliphatic carbocycles. The van der Waals surface area contributed by atoms with Gasteiger partial charge in [0.15, 0.2) is 0 Å². The number of hydrogen-bond donors (Lipinski definition) is 2. The maximum Gasteiger partial charge on any atom is 0.325 e. The van der Waals surface area contributed by atoms with E-state index in [1.807, 2.05) is 18.2 Å². The monoisotopic (exact) mass is 459 g/mol. The quantitative estimate of drug-likeness (QED) is 0.659. The number of rotatable bonds is 5. The van der Waals surface area contributed by atoms with Crippen LogP contribution in [-0.2, 0) is 28.0 Å². The Labute approximate surface area is 190 Å². The van der Waals surface area contributed by atoms with Crippen LogP contribution < -0.4 is 10.6 Å². The van der Waals surface area contributed by atoms with Crippen molar-refractivity contribution in [3.8, 4) is 0 Å². The number of benzene rings is 2. The lowest BCUT2D eigenvalue weighted by Crippen LogP contribution is -2.43. The lowest BCUT2D eigenvalue weighted by atomic mass is 9.89. The molecule has 1 aliphatic heterocycles. The molecule has 1 fully saturated rings. The van der Waals surface area contributed by atoms with Crippen LogP contribution in [0.3, 0.4) is 0 Å². The second-order valence-electron chi connectivity index (χ2n) is 8.25. The van der Waals surface area contributed by atoms with Crippen molar-refractivity contribution in [3.05, 3.63) is 68.7 Å². The van der Waals surface area contributed by atoms with E-state index in [1.54, 1.807) is 32.0 Å². The summed E-state index contributed by atoms with van der Waals surface area (Å²) in [6, 6.07) is 10.1. The molecule has 162 valence electrons. The molecule has 4 amide bonds. The van der Waals surface area contributed by atoms with E-state index in [2.05, 4.69) is 10.6 Å². The van der Waals surface area contributed by atoms with E-state index < -0.39 is 23.4 Å². The van der Waals surface area contributed by atoms with Gasteiger partial charge in [-0.25, -0.2) is 4.79 Å². The third-order valence-electron chi connectivity index (χ3n) is 6.07. The molecule has 0 saturated carbocycles. The molecule has 6 nitrogen and oxygen atoms in total. The molecule has 31 heavy (non-hydrogen) atoms. The van der Waals surface area contributed by atoms with Gasteiger partial charge in [0, 0.05) is 0 Å². The van der Waals surface area contributed by atoms with Gasteiger partial charge in [0.05, 0.1) is 16.1 Å². The first-order valence-electron chi connectivity index (χ1n) is 10.2. The Morgan fingerprint density at radius 3 is 2.61 bits per heavy atom. The van der Waals surface area contributed by atoms with Gasteiger partial charge in [0.1, 0.15) is 12.1 Å². The summed E-state index contributed by atoms with van der Waals surface area (Å²) in [4.78, 5) is 39.2. The number of imide groups is 1. The molecule has 2 N–H and O–H groups in total. The molecular weight excluding hydrogens is 437 g/mol. The highest BCUT2D eigenvalue weighted by Gasteiger charge is 2.49. The van der Waals surface area contributed by atoms with E-state index in [1.165, 1.54) is 11.1 Å². The van der Waals surface area contributed by atoms with Crippen LogP contribution in [0.4, 0.5) is 4.79 Å². The first-order valence-corrected chi connectivity index (χ1v) is 11.0. The Kier molecular flexibility index (Phi) is 5.71. The van der Waals surface area contributed by atoms with Gasteiger partial charge < -0.3 is 10.6 Å². The first-order chi connectivity index (χ1) is 14.7. The zero-order valence-electron chi connectivity index (χ0n) is 17.3. The number of carbonyl (C=O) groups is 3. The van der Waals surface area contributed by atoms with Crippen LogP contribution in [0.15, 0.2) is 36.4 Å². The van der Waals surface area contributed by atoms with Crippen molar-refractivity contribution in [1.29, 1.82) is 0 Å². The highest BCUT2D eigenvalue weighted by molar-refractivity contribution is 6.42. The maximum atomic E-state index is 13.1. The van der Waals surface area contributed by atoms with Crippen LogP contribution in [0.5, 0.6) is 0 Å². The number of urea groups is 1. The summed E-state index contributed by atoms with van der Waals surface area (Å²) in [5.74, 6) is -0.881. The zero-order valence-corrected chi connectivity index (χ0v) is 18.8. The first kappa shape index (κ1) is 21.7. The van der Waals surface area contributed by atoms with Crippen LogP contribution in [-0.4, -0.2) is 29.3 Å². The Bertz CT molecular complexity index is 1090. The van der Waals surface area contributed by atoms with Crippen molar-refractivity contribution >= 4 is 41.0 Å². The van der Waals surface area contributed by atoms with E-state index in [9.17, 15) is 14.4 Å². The molecule has 2 atom stereocenters. The lowest BCUT2D eigenvalue weighted by molar-refractivity contribution is -0.135. The molecule has 2 aliphatic rings. The SMILES string of the molecule is CC(NC(=O)CN1C(=O)NC(C)(c2ccc3c(c2)CCC3)C1=O)c1ccc(Cl)c(Cl)c1. The van der Waals surface area contributed by atoms with Crippen LogP contribution >= 0.6 is 23.2 Å². The van der Waals surface area contributed by atoms with Crippen molar-refractivity contribution in [2.45, 2.75) is 44.7 Å². The molecule has 0 bridgehead atoms. The van der Waals surface area contributed by atoms with Crippen LogP contribution in [0.2, 0.25) is 10.0 Å². The highest BCUT2D eigenvalue weighted by atomic mass is 35.5. The van der Waals surface area contributed by atoms with Crippen molar-refractivity contribution in [3.63, 3.8) is 0 Å². The van der Waals surface area contributed by atoms with Crippen molar-refractivity contribution in [2.24, 2.45) is 0 Å². The van der Waals surface area contributed by atoms with E-state index >= 15 is 0 Å². The molecule has 0 spiro atoms. The van der Waals surface area contributed by atoms with Gasteiger partial charge >= 0.3 is 6.03 Å². The van der Waals surface area contributed by atoms with Gasteiger partial charge in [-0.1, -0.05) is 47.5 Å². The second kappa shape index (κ2) is 8.17. The third-order valence-corrected chi connectivity index (χ3v) is 6.81. The number of aryl methyl sites for hydroxylation is 2. The highest BCUT2D eigenvalue weighted by Crippen LogP contribution is 2.32. The molecular formula is C23H23Cl2N3O3. The van der Waals surface area contributed by atoms with Crippen LogP contribution in [0.1, 0.15) is 48.6 Å². The minimum atomic E-state index is -1.19. The average Bonchev–Trinajstić information content (AvgIpc) is 3.28. The van der Waals surface area contributed by atoms with E-state index in [0.29, 0.717) is 10.0 Å². The standard InChI is InChI=1S/C23H23Cl2N3O3/c1-13(15-7-9-18(24)19(25)11-15)26-20(29)12-28-21(30)23(2,27-22(28)31)17-8-6-14-4-3-5-16(14)10-17/h6-11,13H,3-5,12H2,1-2H3,(H,26,29)(H,27,31). The summed E-state index contributed by atoms with van der Waals surface area (Å²) in [5, 5.41) is 6.38. The lowest BCUT2D eigenvalue weighted by Gasteiger charge is -2.23. The summed E-state index contributed by atoms with van der Waals surface area (Å²) in [5.41, 5.74) is 2.81. The summed E-state index contributed by atoms with van der Waals surface area (Å²) in [6.45, 7) is 3.11. The fraction of sp³-hybridized carbons (Fsp3) is 0.348. The molecule has 0 radical (unpaired) electrons. The van der Waals surface area contributed by atoms with Crippen molar-refractivity contribution in [2.75, 3.05) is 6.54 Å². The number of fused-ring (bicyclic) bond motifs is 1. The number of nitrogens with zero attached hydrogens (tertiary/aromatic N) is 1. The topological polar surface area (TPSA) is 78.5 Å². The van der Waals surface area contributed by atoms with Gasteiger partial charge in [-0.15, -0.1) is 0 Å². The molecule has 8 heteroatoms. The van der Waals surface area contributed by atoms with Crippen LogP contribution in [0, 0.1) is 0 Å². The summed E-state index contributed by atoms with van der Waals surface area (Å²) >= 11 is 12.0. The van der Waals surface area contributed by atoms with Crippen molar-refractivity contribution in [1.82, 2.24) is 15.5 Å². The predicted octanol–water partition coefficient (Wildman–Crippen LogP) is 4.13. The fourth-order valence-corrected chi connectivity index (χ4v) is 4.52. The van der Waals surface area contributed by atoms with Gasteiger partial charge in [-0.3, -0.25) is 14.5 Å². The molecule has 2 unspecified atom stereocenters.